The summed E-state index contributed by atoms with van der Waals surface area (Å²) in [6.45, 7) is 0. The van der Waals surface area contributed by atoms with E-state index in [0.717, 1.165) is 0 Å². The van der Waals surface area contributed by atoms with Crippen LogP contribution in [0.4, 0.5) is 52.7 Å². The van der Waals surface area contributed by atoms with Gasteiger partial charge in [-0.3, -0.25) is 4.74 Å². The van der Waals surface area contributed by atoms with Crippen molar-refractivity contribution >= 4 is 34.8 Å². The van der Waals surface area contributed by atoms with Crippen molar-refractivity contribution in [3.63, 3.8) is 0 Å². The van der Waals surface area contributed by atoms with E-state index in [9.17, 15) is 57.8 Å². The molecule has 28 heavy (non-hydrogen) atoms. The first-order chi connectivity index (χ1) is 12.1. The molecular formula is C11HCl3F12O2. The lowest BCUT2D eigenvalue weighted by molar-refractivity contribution is -0.439. The number of halogens is 15. The smallest absolute Gasteiger partial charge is 0.370 e. The number of alkyl halides is 10. The van der Waals surface area contributed by atoms with E-state index in [0.29, 0.717) is 0 Å². The standard InChI is InChI=1S/C11HCl3F12O2/c12-8(13,20)9(14,21)28-11(25,26)7(27,10(22,23)24)1-2(15)4(17)6(19)5(18)3(1)16/h27H. The molecule has 0 amide bonds. The van der Waals surface area contributed by atoms with Crippen molar-refractivity contribution in [2.45, 2.75) is 27.8 Å². The third-order valence-corrected chi connectivity index (χ3v) is 4.01. The molecule has 0 saturated heterocycles. The summed E-state index contributed by atoms with van der Waals surface area (Å²) in [5, 5.41) is 3.98. The van der Waals surface area contributed by atoms with Gasteiger partial charge in [-0.15, -0.1) is 0 Å². The molecule has 1 rings (SSSR count). The van der Waals surface area contributed by atoms with E-state index in [1.807, 2.05) is 0 Å². The molecule has 0 aromatic heterocycles. The van der Waals surface area contributed by atoms with Gasteiger partial charge in [-0.25, -0.2) is 22.0 Å². The van der Waals surface area contributed by atoms with E-state index in [2.05, 4.69) is 39.5 Å². The SMILES string of the molecule is OC(c1c(F)c(F)c(F)c(F)c1F)(C(F)(F)F)C(F)(F)OC(F)(Cl)C(F)(Cl)Cl. The molecule has 0 aliphatic rings. The van der Waals surface area contributed by atoms with Gasteiger partial charge in [-0.1, -0.05) is 23.2 Å². The predicted molar refractivity (Wildman–Crippen MR) is 67.5 cm³/mol. The minimum Gasteiger partial charge on any atom is -0.370 e. The van der Waals surface area contributed by atoms with Gasteiger partial charge < -0.3 is 5.11 Å². The van der Waals surface area contributed by atoms with E-state index in [4.69, 9.17) is 0 Å². The van der Waals surface area contributed by atoms with Crippen LogP contribution in [0.2, 0.25) is 0 Å². The highest BCUT2D eigenvalue weighted by molar-refractivity contribution is 6.51. The molecule has 0 saturated carbocycles. The van der Waals surface area contributed by atoms with Gasteiger partial charge in [0.2, 0.25) is 5.82 Å². The maximum Gasteiger partial charge on any atom is 0.430 e. The normalized spacial score (nSPS) is 18.0. The van der Waals surface area contributed by atoms with Crippen LogP contribution >= 0.6 is 34.8 Å². The number of ether oxygens (including phenoxy) is 1. The minimum absolute atomic E-state index is 2.54. The summed E-state index contributed by atoms with van der Waals surface area (Å²) >= 11 is 13.0. The highest BCUT2D eigenvalue weighted by Gasteiger charge is 2.76. The third kappa shape index (κ3) is 3.80. The molecule has 0 bridgehead atoms. The molecular weight excluding hydrogens is 498 g/mol. The topological polar surface area (TPSA) is 29.5 Å². The molecule has 0 fully saturated rings. The predicted octanol–water partition coefficient (Wildman–Crippen LogP) is 5.70. The molecule has 1 aromatic rings. The summed E-state index contributed by atoms with van der Waals surface area (Å²) < 4.78 is 158. The summed E-state index contributed by atoms with van der Waals surface area (Å²) in [5.74, 6) is -16.7. The fourth-order valence-electron chi connectivity index (χ4n) is 1.67. The average Bonchev–Trinajstić information content (AvgIpc) is 2.47. The quantitative estimate of drug-likeness (QED) is 0.244. The molecule has 2 atom stereocenters. The summed E-state index contributed by atoms with van der Waals surface area (Å²) in [5.41, 5.74) is -10.1. The Morgan fingerprint density at radius 1 is 0.643 bits per heavy atom. The Hall–Kier alpha value is -0.830. The molecule has 0 aliphatic carbocycles. The van der Waals surface area contributed by atoms with Crippen LogP contribution in [0.25, 0.3) is 0 Å². The Labute approximate surface area is 160 Å². The van der Waals surface area contributed by atoms with E-state index in [-0.39, 0.29) is 0 Å². The van der Waals surface area contributed by atoms with Crippen LogP contribution in [0.1, 0.15) is 5.56 Å². The number of hydrogen-bond donors (Lipinski definition) is 1. The fraction of sp³-hybridized carbons (Fsp3) is 0.455. The zero-order valence-electron chi connectivity index (χ0n) is 12.0. The van der Waals surface area contributed by atoms with E-state index in [1.54, 1.807) is 0 Å². The lowest BCUT2D eigenvalue weighted by Gasteiger charge is -2.39. The largest absolute Gasteiger partial charge is 0.430 e. The van der Waals surface area contributed by atoms with Crippen molar-refractivity contribution in [3.05, 3.63) is 34.6 Å². The molecule has 17 heteroatoms. The van der Waals surface area contributed by atoms with Crippen molar-refractivity contribution in [2.75, 3.05) is 0 Å². The summed E-state index contributed by atoms with van der Waals surface area (Å²) in [6.07, 6.45) is -13.8. The molecule has 0 radical (unpaired) electrons. The average molecular weight is 499 g/mol. The summed E-state index contributed by atoms with van der Waals surface area (Å²) in [7, 11) is 0. The number of aliphatic hydroxyl groups is 1. The second kappa shape index (κ2) is 7.15. The number of benzene rings is 1. The highest BCUT2D eigenvalue weighted by atomic mass is 35.5. The molecule has 1 N–H and O–H groups in total. The van der Waals surface area contributed by atoms with Crippen LogP contribution in [0.5, 0.6) is 0 Å². The van der Waals surface area contributed by atoms with E-state index < -0.39 is 62.4 Å². The molecule has 1 aromatic carbocycles. The van der Waals surface area contributed by atoms with Crippen molar-refractivity contribution in [1.82, 2.24) is 0 Å². The molecule has 2 unspecified atom stereocenters. The van der Waals surface area contributed by atoms with Crippen molar-refractivity contribution < 1.29 is 62.5 Å². The zero-order chi connectivity index (χ0) is 22.7. The van der Waals surface area contributed by atoms with Gasteiger partial charge in [-0.2, -0.15) is 30.7 Å². The van der Waals surface area contributed by atoms with Crippen molar-refractivity contribution in [2.24, 2.45) is 0 Å². The van der Waals surface area contributed by atoms with Crippen LogP contribution in [0, 0.1) is 29.1 Å². The molecule has 0 heterocycles. The second-order valence-corrected chi connectivity index (χ2v) is 6.51. The first kappa shape index (κ1) is 25.2. The third-order valence-electron chi connectivity index (χ3n) is 2.99. The van der Waals surface area contributed by atoms with E-state index >= 15 is 0 Å². The lowest BCUT2D eigenvalue weighted by atomic mass is 9.90. The minimum atomic E-state index is -7.04. The van der Waals surface area contributed by atoms with Crippen LogP contribution in [-0.2, 0) is 10.3 Å². The first-order valence-electron chi connectivity index (χ1n) is 5.97. The van der Waals surface area contributed by atoms with Gasteiger partial charge in [0, 0.05) is 0 Å². The number of rotatable bonds is 5. The lowest BCUT2D eigenvalue weighted by Crippen LogP contribution is -2.61. The molecule has 2 nitrogen and oxygen atoms in total. The number of hydrogen-bond acceptors (Lipinski definition) is 2. The van der Waals surface area contributed by atoms with Gasteiger partial charge in [-0.05, 0) is 11.6 Å². The van der Waals surface area contributed by atoms with Gasteiger partial charge in [0.05, 0.1) is 5.56 Å². The maximum absolute atomic E-state index is 13.9. The van der Waals surface area contributed by atoms with E-state index in [1.165, 1.54) is 0 Å². The maximum atomic E-state index is 13.9. The van der Waals surface area contributed by atoms with Crippen molar-refractivity contribution in [3.8, 4) is 0 Å². The Balaban J connectivity index is 3.92. The molecule has 162 valence electrons. The van der Waals surface area contributed by atoms with Crippen LogP contribution < -0.4 is 0 Å². The van der Waals surface area contributed by atoms with Gasteiger partial charge in [0.1, 0.15) is 0 Å². The van der Waals surface area contributed by atoms with Crippen LogP contribution in [0.15, 0.2) is 0 Å². The summed E-state index contributed by atoms with van der Waals surface area (Å²) in [4.78, 5) is 0. The van der Waals surface area contributed by atoms with Crippen LogP contribution in [0.3, 0.4) is 0 Å². The Bertz CT molecular complexity index is 747. The van der Waals surface area contributed by atoms with Gasteiger partial charge in [0.15, 0.2) is 23.3 Å². The second-order valence-electron chi connectivity index (χ2n) is 4.79. The Kier molecular flexibility index (Phi) is 6.43. The first-order valence-corrected chi connectivity index (χ1v) is 7.10. The summed E-state index contributed by atoms with van der Waals surface area (Å²) in [6, 6.07) is 0. The van der Waals surface area contributed by atoms with Crippen molar-refractivity contribution in [1.29, 1.82) is 0 Å². The Morgan fingerprint density at radius 3 is 1.25 bits per heavy atom. The Morgan fingerprint density at radius 2 is 0.964 bits per heavy atom. The molecule has 0 spiro atoms. The van der Waals surface area contributed by atoms with Gasteiger partial charge >= 0.3 is 22.2 Å². The van der Waals surface area contributed by atoms with Crippen LogP contribution in [-0.4, -0.2) is 27.3 Å². The highest BCUT2D eigenvalue weighted by Crippen LogP contribution is 2.56. The zero-order valence-corrected chi connectivity index (χ0v) is 14.3. The monoisotopic (exact) mass is 498 g/mol. The fourth-order valence-corrected chi connectivity index (χ4v) is 1.84. The van der Waals surface area contributed by atoms with Gasteiger partial charge in [0.25, 0.3) is 5.60 Å². The molecule has 0 aliphatic heterocycles.